The Morgan fingerprint density at radius 3 is 2.19 bits per heavy atom. The monoisotopic (exact) mass is 532 g/mol. The lowest BCUT2D eigenvalue weighted by atomic mass is 9.83. The predicted molar refractivity (Wildman–Crippen MR) is 120 cm³/mol. The average Bonchev–Trinajstić information content (AvgIpc) is 3.44. The number of carboxylic acids is 1. The fourth-order valence-electron chi connectivity index (χ4n) is 4.93. The molecule has 2 aliphatic heterocycles. The summed E-state index contributed by atoms with van der Waals surface area (Å²) in [6.45, 7) is 3.72. The number of fused-ring (bicyclic) bond motifs is 2. The Labute approximate surface area is 205 Å². The van der Waals surface area contributed by atoms with Crippen LogP contribution < -0.4 is 0 Å². The fraction of sp³-hybridized carbons (Fsp3) is 0.619. The molecule has 15 heteroatoms. The molecule has 1 N–H and O–H groups in total. The van der Waals surface area contributed by atoms with Gasteiger partial charge in [-0.25, -0.2) is 22.5 Å². The predicted octanol–water partition coefficient (Wildman–Crippen LogP) is 1.56. The van der Waals surface area contributed by atoms with E-state index in [0.29, 0.717) is 39.0 Å². The Balaban J connectivity index is 0.000000384. The van der Waals surface area contributed by atoms with Gasteiger partial charge in [0.2, 0.25) is 15.9 Å². The third-order valence-corrected chi connectivity index (χ3v) is 9.21. The van der Waals surface area contributed by atoms with Gasteiger partial charge in [-0.15, -0.1) is 0 Å². The van der Waals surface area contributed by atoms with Crippen molar-refractivity contribution in [1.82, 2.24) is 28.5 Å². The molecule has 0 atom stereocenters. The van der Waals surface area contributed by atoms with E-state index in [4.69, 9.17) is 14.9 Å². The number of sulfonamides is 1. The number of aromatic nitrogens is 4. The van der Waals surface area contributed by atoms with Crippen LogP contribution in [0.4, 0.5) is 13.2 Å². The summed E-state index contributed by atoms with van der Waals surface area (Å²) in [5.74, 6) is -1.88. The van der Waals surface area contributed by atoms with Crippen molar-refractivity contribution < 1.29 is 36.3 Å². The summed E-state index contributed by atoms with van der Waals surface area (Å²) in [6.07, 6.45) is 3.22. The van der Waals surface area contributed by atoms with Crippen molar-refractivity contribution in [3.8, 4) is 11.3 Å². The molecule has 1 aliphatic carbocycles. The molecular formula is C21H27F3N6O5S. The van der Waals surface area contributed by atoms with Gasteiger partial charge in [0.1, 0.15) is 11.4 Å². The maximum Gasteiger partial charge on any atom is 0.490 e. The number of carboxylic acid groups (broad SMARTS) is 1. The molecule has 1 saturated heterocycles. The number of hydrogen-bond donors (Lipinski definition) is 1. The number of piperidine rings is 1. The van der Waals surface area contributed by atoms with E-state index in [1.165, 1.54) is 0 Å². The molecule has 0 radical (unpaired) electrons. The number of carbonyl (C=O) groups excluding carboxylic acids is 1. The second-order valence-electron chi connectivity index (χ2n) is 9.17. The minimum atomic E-state index is -5.08. The minimum Gasteiger partial charge on any atom is -0.475 e. The van der Waals surface area contributed by atoms with Gasteiger partial charge >= 0.3 is 12.1 Å². The highest BCUT2D eigenvalue weighted by Gasteiger charge is 2.51. The first-order valence-corrected chi connectivity index (χ1v) is 12.9. The lowest BCUT2D eigenvalue weighted by molar-refractivity contribution is -0.192. The van der Waals surface area contributed by atoms with Crippen molar-refractivity contribution in [3.05, 3.63) is 24.4 Å². The fourth-order valence-corrected chi connectivity index (χ4v) is 6.78. The van der Waals surface area contributed by atoms with Gasteiger partial charge in [-0.05, 0) is 25.7 Å². The summed E-state index contributed by atoms with van der Waals surface area (Å²) in [7, 11) is -1.32. The summed E-state index contributed by atoms with van der Waals surface area (Å²) in [6, 6.07) is 0. The van der Waals surface area contributed by atoms with Gasteiger partial charge in [-0.2, -0.15) is 18.3 Å². The zero-order valence-electron chi connectivity index (χ0n) is 19.8. The molecule has 0 bridgehead atoms. The second kappa shape index (κ2) is 9.18. The van der Waals surface area contributed by atoms with E-state index in [9.17, 15) is 26.4 Å². The quantitative estimate of drug-likeness (QED) is 0.635. The third-order valence-electron chi connectivity index (χ3n) is 6.81. The highest BCUT2D eigenvalue weighted by atomic mass is 32.2. The van der Waals surface area contributed by atoms with E-state index < -0.39 is 27.7 Å². The number of alkyl halides is 3. The number of imidazole rings is 1. The molecule has 11 nitrogen and oxygen atoms in total. The number of aliphatic carboxylic acids is 1. The van der Waals surface area contributed by atoms with Crippen LogP contribution in [0.1, 0.15) is 38.4 Å². The molecule has 198 valence electrons. The first-order chi connectivity index (χ1) is 16.8. The maximum atomic E-state index is 12.7. The molecule has 5 rings (SSSR count). The summed E-state index contributed by atoms with van der Waals surface area (Å²) < 4.78 is 62.7. The standard InChI is InChI=1S/C19H26N6O3S.C2HF3O2/c1-14(26)25-10-9-24-17(15-11-21-22(2)13-15)12-20-18(24)19(25)5-7-23(8-6-19)29(27,28)16-3-4-16;3-2(4,5)1(6)7/h11-13,16H,3-10H2,1-2H3;(H,6,7). The zero-order chi connectivity index (χ0) is 26.5. The van der Waals surface area contributed by atoms with Crippen LogP contribution in [0.2, 0.25) is 0 Å². The van der Waals surface area contributed by atoms with Gasteiger partial charge in [-0.3, -0.25) is 9.48 Å². The number of carbonyl (C=O) groups is 2. The maximum absolute atomic E-state index is 12.7. The molecule has 4 heterocycles. The van der Waals surface area contributed by atoms with Crippen molar-refractivity contribution in [2.45, 2.75) is 56.1 Å². The van der Waals surface area contributed by atoms with Gasteiger partial charge in [0.05, 0.1) is 23.3 Å². The van der Waals surface area contributed by atoms with E-state index in [1.807, 2.05) is 30.5 Å². The van der Waals surface area contributed by atoms with Gasteiger partial charge in [0, 0.05) is 51.9 Å². The highest BCUT2D eigenvalue weighted by molar-refractivity contribution is 7.90. The number of nitrogens with zero attached hydrogens (tertiary/aromatic N) is 6. The molecular weight excluding hydrogens is 505 g/mol. The van der Waals surface area contributed by atoms with Crippen molar-refractivity contribution in [2.24, 2.45) is 7.05 Å². The number of hydrogen-bond acceptors (Lipinski definition) is 6. The summed E-state index contributed by atoms with van der Waals surface area (Å²) in [4.78, 5) is 28.1. The molecule has 36 heavy (non-hydrogen) atoms. The van der Waals surface area contributed by atoms with Gasteiger partial charge < -0.3 is 14.6 Å². The minimum absolute atomic E-state index is 0.0145. The lowest BCUT2D eigenvalue weighted by Gasteiger charge is -2.50. The number of aryl methyl sites for hydroxylation is 1. The lowest BCUT2D eigenvalue weighted by Crippen LogP contribution is -2.59. The molecule has 1 spiro atoms. The van der Waals surface area contributed by atoms with E-state index in [1.54, 1.807) is 15.9 Å². The Morgan fingerprint density at radius 1 is 1.11 bits per heavy atom. The van der Waals surface area contributed by atoms with Crippen molar-refractivity contribution in [2.75, 3.05) is 19.6 Å². The Bertz CT molecular complexity index is 1260. The normalized spacial score (nSPS) is 20.0. The molecule has 2 aromatic rings. The number of amides is 1. The van der Waals surface area contributed by atoms with Crippen LogP contribution in [-0.4, -0.2) is 85.0 Å². The SMILES string of the molecule is CC(=O)N1CCn2c(-c3cnn(C)c3)cnc2C12CCN(S(=O)(=O)C1CC1)CC2.O=C(O)C(F)(F)F. The van der Waals surface area contributed by atoms with Crippen LogP contribution in [0.3, 0.4) is 0 Å². The Hall–Kier alpha value is -2.94. The molecule has 1 amide bonds. The molecule has 2 aromatic heterocycles. The first-order valence-electron chi connectivity index (χ1n) is 11.4. The Kier molecular flexibility index (Phi) is 6.66. The van der Waals surface area contributed by atoms with E-state index in [-0.39, 0.29) is 11.2 Å². The molecule has 3 aliphatic rings. The van der Waals surface area contributed by atoms with Crippen molar-refractivity contribution >= 4 is 21.9 Å². The van der Waals surface area contributed by atoms with Crippen LogP contribution in [-0.2, 0) is 38.7 Å². The van der Waals surface area contributed by atoms with Crippen LogP contribution >= 0.6 is 0 Å². The number of halogens is 3. The third kappa shape index (κ3) is 4.73. The second-order valence-corrected chi connectivity index (χ2v) is 11.4. The van der Waals surface area contributed by atoms with Crippen LogP contribution in [0, 0.1) is 0 Å². The smallest absolute Gasteiger partial charge is 0.475 e. The zero-order valence-corrected chi connectivity index (χ0v) is 20.6. The van der Waals surface area contributed by atoms with Crippen LogP contribution in [0.15, 0.2) is 18.6 Å². The van der Waals surface area contributed by atoms with Crippen LogP contribution in [0.5, 0.6) is 0 Å². The highest BCUT2D eigenvalue weighted by Crippen LogP contribution is 2.44. The first kappa shape index (κ1) is 26.1. The van der Waals surface area contributed by atoms with Crippen LogP contribution in [0.25, 0.3) is 11.3 Å². The average molecular weight is 533 g/mol. The molecule has 0 unspecified atom stereocenters. The van der Waals surface area contributed by atoms with Gasteiger partial charge in [-0.1, -0.05) is 0 Å². The van der Waals surface area contributed by atoms with E-state index in [0.717, 1.165) is 29.9 Å². The molecule has 0 aromatic carbocycles. The summed E-state index contributed by atoms with van der Waals surface area (Å²) >= 11 is 0. The summed E-state index contributed by atoms with van der Waals surface area (Å²) in [5.41, 5.74) is 1.43. The molecule has 1 saturated carbocycles. The van der Waals surface area contributed by atoms with E-state index >= 15 is 0 Å². The van der Waals surface area contributed by atoms with Crippen molar-refractivity contribution in [1.29, 1.82) is 0 Å². The van der Waals surface area contributed by atoms with Gasteiger partial charge in [0.15, 0.2) is 0 Å². The van der Waals surface area contributed by atoms with Gasteiger partial charge in [0.25, 0.3) is 0 Å². The van der Waals surface area contributed by atoms with Crippen molar-refractivity contribution in [3.63, 3.8) is 0 Å². The summed E-state index contributed by atoms with van der Waals surface area (Å²) in [5, 5.41) is 11.2. The van der Waals surface area contributed by atoms with E-state index in [2.05, 4.69) is 9.67 Å². The topological polar surface area (TPSA) is 131 Å². The molecule has 2 fully saturated rings. The largest absolute Gasteiger partial charge is 0.490 e. The Morgan fingerprint density at radius 2 is 1.72 bits per heavy atom. The number of rotatable bonds is 3.